The number of hydrogen-bond donors (Lipinski definition) is 1. The molecule has 78 valence electrons. The van der Waals surface area contributed by atoms with Crippen LogP contribution in [0.4, 0.5) is 0 Å². The van der Waals surface area contributed by atoms with E-state index in [1.165, 1.54) is 13.0 Å². The summed E-state index contributed by atoms with van der Waals surface area (Å²) in [7, 11) is 0. The summed E-state index contributed by atoms with van der Waals surface area (Å²) < 4.78 is 0. The Labute approximate surface area is 88.6 Å². The zero-order valence-electron chi connectivity index (χ0n) is 9.16. The minimum Gasteiger partial charge on any atom is -0.300 e. The molecule has 1 nitrogen and oxygen atoms in total. The summed E-state index contributed by atoms with van der Waals surface area (Å²) in [6.07, 6.45) is 5.59. The van der Waals surface area contributed by atoms with E-state index in [4.69, 9.17) is 0 Å². The van der Waals surface area contributed by atoms with Gasteiger partial charge in [0, 0.05) is 18.8 Å². The van der Waals surface area contributed by atoms with Crippen LogP contribution in [-0.4, -0.2) is 30.3 Å². The molecule has 0 radical (unpaired) electrons. The molecule has 0 saturated carbocycles. The molecule has 0 aromatic carbocycles. The Hall–Kier alpha value is 0.0500. The SMILES string of the molecule is CCC(C)CN(CC)CC=CCS. The Morgan fingerprint density at radius 3 is 2.46 bits per heavy atom. The van der Waals surface area contributed by atoms with Gasteiger partial charge in [-0.1, -0.05) is 39.3 Å². The summed E-state index contributed by atoms with van der Waals surface area (Å²) in [6, 6.07) is 0. The number of rotatable bonds is 7. The number of hydrogen-bond acceptors (Lipinski definition) is 2. The second kappa shape index (κ2) is 8.64. The van der Waals surface area contributed by atoms with Gasteiger partial charge in [0.1, 0.15) is 0 Å². The highest BCUT2D eigenvalue weighted by molar-refractivity contribution is 7.80. The minimum absolute atomic E-state index is 0.810. The second-order valence-corrected chi connectivity index (χ2v) is 3.88. The first kappa shape index (κ1) is 13.1. The molecule has 1 atom stereocenters. The van der Waals surface area contributed by atoms with Gasteiger partial charge in [0.15, 0.2) is 0 Å². The van der Waals surface area contributed by atoms with Gasteiger partial charge in [0.2, 0.25) is 0 Å². The monoisotopic (exact) mass is 201 g/mol. The van der Waals surface area contributed by atoms with Crippen LogP contribution in [0.5, 0.6) is 0 Å². The fraction of sp³-hybridized carbons (Fsp3) is 0.818. The lowest BCUT2D eigenvalue weighted by Gasteiger charge is -2.21. The van der Waals surface area contributed by atoms with Gasteiger partial charge < -0.3 is 0 Å². The first-order valence-corrected chi connectivity index (χ1v) is 5.86. The van der Waals surface area contributed by atoms with E-state index in [2.05, 4.69) is 50.5 Å². The minimum atomic E-state index is 0.810. The van der Waals surface area contributed by atoms with Crippen molar-refractivity contribution in [1.82, 2.24) is 4.90 Å². The van der Waals surface area contributed by atoms with Crippen molar-refractivity contribution in [3.05, 3.63) is 12.2 Å². The molecule has 0 rings (SSSR count). The van der Waals surface area contributed by atoms with Gasteiger partial charge in [-0.25, -0.2) is 0 Å². The van der Waals surface area contributed by atoms with E-state index < -0.39 is 0 Å². The van der Waals surface area contributed by atoms with Crippen LogP contribution in [0, 0.1) is 5.92 Å². The van der Waals surface area contributed by atoms with Crippen LogP contribution in [0.1, 0.15) is 27.2 Å². The Bertz CT molecular complexity index is 134. The molecule has 0 aliphatic carbocycles. The highest BCUT2D eigenvalue weighted by Crippen LogP contribution is 2.03. The van der Waals surface area contributed by atoms with E-state index >= 15 is 0 Å². The lowest BCUT2D eigenvalue weighted by Crippen LogP contribution is -2.28. The van der Waals surface area contributed by atoms with Crippen LogP contribution in [0.25, 0.3) is 0 Å². The average Bonchev–Trinajstić information content (AvgIpc) is 2.16. The largest absolute Gasteiger partial charge is 0.300 e. The van der Waals surface area contributed by atoms with Crippen molar-refractivity contribution < 1.29 is 0 Å². The molecule has 13 heavy (non-hydrogen) atoms. The molecule has 0 aliphatic heterocycles. The molecular formula is C11H23NS. The molecule has 0 amide bonds. The summed E-state index contributed by atoms with van der Waals surface area (Å²) in [5.41, 5.74) is 0. The van der Waals surface area contributed by atoms with Crippen molar-refractivity contribution >= 4 is 12.6 Å². The molecule has 1 unspecified atom stereocenters. The van der Waals surface area contributed by atoms with Crippen molar-refractivity contribution in [1.29, 1.82) is 0 Å². The third-order valence-electron chi connectivity index (χ3n) is 2.35. The Morgan fingerprint density at radius 1 is 1.31 bits per heavy atom. The molecule has 0 aromatic rings. The van der Waals surface area contributed by atoms with Gasteiger partial charge >= 0.3 is 0 Å². The average molecular weight is 201 g/mol. The maximum absolute atomic E-state index is 4.14. The number of nitrogens with zero attached hydrogens (tertiary/aromatic N) is 1. The molecule has 0 aliphatic rings. The van der Waals surface area contributed by atoms with Gasteiger partial charge in [-0.15, -0.1) is 0 Å². The Kier molecular flexibility index (Phi) is 8.67. The van der Waals surface area contributed by atoms with Crippen LogP contribution >= 0.6 is 12.6 Å². The van der Waals surface area contributed by atoms with Gasteiger partial charge in [-0.2, -0.15) is 12.6 Å². The highest BCUT2D eigenvalue weighted by atomic mass is 32.1. The number of thiol groups is 1. The lowest BCUT2D eigenvalue weighted by atomic mass is 10.1. The van der Waals surface area contributed by atoms with E-state index in [1.807, 2.05) is 0 Å². The van der Waals surface area contributed by atoms with Crippen LogP contribution in [0.2, 0.25) is 0 Å². The molecule has 0 saturated heterocycles. The molecule has 0 heterocycles. The maximum Gasteiger partial charge on any atom is 0.0163 e. The molecule has 0 aromatic heterocycles. The summed E-state index contributed by atoms with van der Waals surface area (Å²) in [5, 5.41) is 0. The molecule has 2 heteroatoms. The van der Waals surface area contributed by atoms with Crippen molar-refractivity contribution in [2.24, 2.45) is 5.92 Å². The zero-order chi connectivity index (χ0) is 10.1. The zero-order valence-corrected chi connectivity index (χ0v) is 10.1. The van der Waals surface area contributed by atoms with E-state index in [0.717, 1.165) is 24.8 Å². The van der Waals surface area contributed by atoms with Crippen molar-refractivity contribution in [2.75, 3.05) is 25.4 Å². The van der Waals surface area contributed by atoms with Gasteiger partial charge in [-0.05, 0) is 12.5 Å². The first-order valence-electron chi connectivity index (χ1n) is 5.22. The smallest absolute Gasteiger partial charge is 0.0163 e. The molecular weight excluding hydrogens is 178 g/mol. The molecule has 0 N–H and O–H groups in total. The van der Waals surface area contributed by atoms with Crippen molar-refractivity contribution in [3.63, 3.8) is 0 Å². The Morgan fingerprint density at radius 2 is 2.00 bits per heavy atom. The van der Waals surface area contributed by atoms with E-state index in [-0.39, 0.29) is 0 Å². The molecule has 0 fully saturated rings. The third kappa shape index (κ3) is 7.15. The molecule has 0 bridgehead atoms. The third-order valence-corrected chi connectivity index (χ3v) is 2.56. The maximum atomic E-state index is 4.14. The normalized spacial score (nSPS) is 14.2. The van der Waals surface area contributed by atoms with Crippen LogP contribution in [-0.2, 0) is 0 Å². The Balaban J connectivity index is 3.68. The van der Waals surface area contributed by atoms with Crippen molar-refractivity contribution in [2.45, 2.75) is 27.2 Å². The highest BCUT2D eigenvalue weighted by Gasteiger charge is 2.04. The summed E-state index contributed by atoms with van der Waals surface area (Å²) in [4.78, 5) is 2.47. The lowest BCUT2D eigenvalue weighted by molar-refractivity contribution is 0.269. The van der Waals surface area contributed by atoms with Crippen LogP contribution in [0.3, 0.4) is 0 Å². The molecule has 0 spiro atoms. The summed E-state index contributed by atoms with van der Waals surface area (Å²) >= 11 is 4.14. The van der Waals surface area contributed by atoms with E-state index in [0.29, 0.717) is 0 Å². The first-order chi connectivity index (χ1) is 6.24. The topological polar surface area (TPSA) is 3.24 Å². The quantitative estimate of drug-likeness (QED) is 0.490. The summed E-state index contributed by atoms with van der Waals surface area (Å²) in [5.74, 6) is 1.66. The van der Waals surface area contributed by atoms with Gasteiger partial charge in [0.25, 0.3) is 0 Å². The van der Waals surface area contributed by atoms with Crippen molar-refractivity contribution in [3.8, 4) is 0 Å². The van der Waals surface area contributed by atoms with E-state index in [1.54, 1.807) is 0 Å². The fourth-order valence-electron chi connectivity index (χ4n) is 1.20. The van der Waals surface area contributed by atoms with Crippen LogP contribution in [0.15, 0.2) is 12.2 Å². The van der Waals surface area contributed by atoms with Crippen LogP contribution < -0.4 is 0 Å². The summed E-state index contributed by atoms with van der Waals surface area (Å²) in [6.45, 7) is 10.2. The predicted molar refractivity (Wildman–Crippen MR) is 64.6 cm³/mol. The standard InChI is InChI=1S/C11H23NS/c1-4-11(3)10-12(5-2)8-6-7-9-13/h6-7,11,13H,4-5,8-10H2,1-3H3. The fourth-order valence-corrected chi connectivity index (χ4v) is 1.35. The van der Waals surface area contributed by atoms with E-state index in [9.17, 15) is 0 Å². The number of likely N-dealkylation sites (N-methyl/N-ethyl adjacent to an activating group) is 1. The predicted octanol–water partition coefficient (Wildman–Crippen LogP) is 2.84. The second-order valence-electron chi connectivity index (χ2n) is 3.52. The van der Waals surface area contributed by atoms with Gasteiger partial charge in [-0.3, -0.25) is 4.90 Å². The van der Waals surface area contributed by atoms with Gasteiger partial charge in [0.05, 0.1) is 0 Å².